The Bertz CT molecular complexity index is 931. The number of nitrogens with zero attached hydrogens (tertiary/aromatic N) is 3. The summed E-state index contributed by atoms with van der Waals surface area (Å²) in [6, 6.07) is 16.8. The Kier molecular flexibility index (Phi) is 4.73. The first-order valence-corrected chi connectivity index (χ1v) is 9.54. The molecule has 0 bridgehead atoms. The third kappa shape index (κ3) is 3.31. The van der Waals surface area contributed by atoms with Gasteiger partial charge in [0, 0.05) is 5.69 Å². The second kappa shape index (κ2) is 7.34. The molecule has 7 heteroatoms. The quantitative estimate of drug-likeness (QED) is 0.765. The van der Waals surface area contributed by atoms with E-state index in [-0.39, 0.29) is 17.8 Å². The highest BCUT2D eigenvalue weighted by atomic mass is 16.1. The van der Waals surface area contributed by atoms with Crippen molar-refractivity contribution in [3.63, 3.8) is 0 Å². The molecular formula is C21H24N6O. The zero-order valence-electron chi connectivity index (χ0n) is 15.6. The smallest absolute Gasteiger partial charge is 0.257 e. The second-order valence-corrected chi connectivity index (χ2v) is 7.16. The Labute approximate surface area is 164 Å². The van der Waals surface area contributed by atoms with E-state index < -0.39 is 5.66 Å². The number of carbonyl (C=O) groups excluding carboxylic acids is 1. The molecule has 1 fully saturated rings. The van der Waals surface area contributed by atoms with Crippen molar-refractivity contribution in [1.29, 1.82) is 0 Å². The zero-order valence-corrected chi connectivity index (χ0v) is 15.6. The Morgan fingerprint density at radius 2 is 1.64 bits per heavy atom. The van der Waals surface area contributed by atoms with Gasteiger partial charge in [0.15, 0.2) is 0 Å². The predicted octanol–water partition coefficient (Wildman–Crippen LogP) is 3.05. The minimum Gasteiger partial charge on any atom is -0.369 e. The van der Waals surface area contributed by atoms with Crippen molar-refractivity contribution in [2.45, 2.75) is 37.8 Å². The first-order valence-electron chi connectivity index (χ1n) is 9.54. The van der Waals surface area contributed by atoms with Crippen LogP contribution in [0.25, 0.3) is 0 Å². The summed E-state index contributed by atoms with van der Waals surface area (Å²) in [6.45, 7) is 0. The summed E-state index contributed by atoms with van der Waals surface area (Å²) in [5.74, 6) is 0.263. The molecule has 144 valence electrons. The number of aliphatic imine (C=N–C) groups is 2. The number of hydrogen-bond acceptors (Lipinski definition) is 6. The summed E-state index contributed by atoms with van der Waals surface area (Å²) >= 11 is 0. The standard InChI is InChI=1S/C21H24N6O/c22-19-25-20(23)27(21(26-19)13-7-2-8-14-21)17-12-6-5-11-16(17)18(28)24-15-9-3-1-4-10-15/h1,3-6,9-12H,2,7-8,13-14H2,(H,24,28)(H4,22,23,25,26). The molecule has 1 saturated carbocycles. The Hall–Kier alpha value is -3.35. The highest BCUT2D eigenvalue weighted by molar-refractivity contribution is 6.13. The largest absolute Gasteiger partial charge is 0.369 e. The van der Waals surface area contributed by atoms with Gasteiger partial charge in [-0.1, -0.05) is 36.8 Å². The molecule has 0 aromatic heterocycles. The molecule has 0 atom stereocenters. The van der Waals surface area contributed by atoms with E-state index in [1.54, 1.807) is 6.07 Å². The first kappa shape index (κ1) is 18.0. The normalized spacial score (nSPS) is 18.4. The SMILES string of the molecule is NC1=NC2(CCCCC2)N(c2ccccc2C(=O)Nc2ccccc2)C(N)=N1. The molecule has 4 rings (SSSR count). The van der Waals surface area contributed by atoms with Gasteiger partial charge >= 0.3 is 0 Å². The number of nitrogens with two attached hydrogens (primary N) is 2. The number of nitrogens with one attached hydrogen (secondary N) is 1. The van der Waals surface area contributed by atoms with Crippen LogP contribution in [0.4, 0.5) is 11.4 Å². The average molecular weight is 376 g/mol. The van der Waals surface area contributed by atoms with Crippen molar-refractivity contribution in [2.24, 2.45) is 21.5 Å². The number of anilines is 2. The van der Waals surface area contributed by atoms with Crippen LogP contribution in [0.1, 0.15) is 42.5 Å². The van der Waals surface area contributed by atoms with E-state index in [1.165, 1.54) is 0 Å². The van der Waals surface area contributed by atoms with Gasteiger partial charge in [0.05, 0.1) is 11.3 Å². The van der Waals surface area contributed by atoms with Gasteiger partial charge in [-0.2, -0.15) is 4.99 Å². The lowest BCUT2D eigenvalue weighted by molar-refractivity contribution is 0.102. The summed E-state index contributed by atoms with van der Waals surface area (Å²) in [5.41, 5.74) is 13.6. The van der Waals surface area contributed by atoms with Crippen molar-refractivity contribution >= 4 is 29.2 Å². The van der Waals surface area contributed by atoms with Crippen molar-refractivity contribution in [3.8, 4) is 0 Å². The van der Waals surface area contributed by atoms with Crippen molar-refractivity contribution in [1.82, 2.24) is 0 Å². The van der Waals surface area contributed by atoms with Crippen LogP contribution in [0, 0.1) is 0 Å². The van der Waals surface area contributed by atoms with Crippen LogP contribution in [0.2, 0.25) is 0 Å². The van der Waals surface area contributed by atoms with E-state index in [0.717, 1.165) is 37.8 Å². The third-order valence-corrected chi connectivity index (χ3v) is 5.27. The van der Waals surface area contributed by atoms with E-state index in [1.807, 2.05) is 53.4 Å². The molecule has 1 heterocycles. The van der Waals surface area contributed by atoms with Gasteiger partial charge < -0.3 is 16.8 Å². The molecule has 5 N–H and O–H groups in total. The number of para-hydroxylation sites is 2. The molecule has 0 unspecified atom stereocenters. The van der Waals surface area contributed by atoms with E-state index in [4.69, 9.17) is 11.5 Å². The molecule has 1 aliphatic carbocycles. The van der Waals surface area contributed by atoms with E-state index in [2.05, 4.69) is 15.3 Å². The van der Waals surface area contributed by atoms with Gasteiger partial charge in [0.2, 0.25) is 11.9 Å². The summed E-state index contributed by atoms with van der Waals surface area (Å²) < 4.78 is 0. The molecule has 2 aromatic carbocycles. The summed E-state index contributed by atoms with van der Waals surface area (Å²) in [7, 11) is 0. The lowest BCUT2D eigenvalue weighted by atomic mass is 9.87. The van der Waals surface area contributed by atoms with Crippen LogP contribution in [-0.2, 0) is 0 Å². The summed E-state index contributed by atoms with van der Waals surface area (Å²) in [5, 5.41) is 2.95. The lowest BCUT2D eigenvalue weighted by Crippen LogP contribution is -2.58. The molecule has 1 aliphatic heterocycles. The Morgan fingerprint density at radius 1 is 0.964 bits per heavy atom. The van der Waals surface area contributed by atoms with Gasteiger partial charge in [0.1, 0.15) is 5.66 Å². The molecular weight excluding hydrogens is 352 g/mol. The van der Waals surface area contributed by atoms with Crippen LogP contribution < -0.4 is 21.7 Å². The van der Waals surface area contributed by atoms with Crippen molar-refractivity contribution < 1.29 is 4.79 Å². The minimum absolute atomic E-state index is 0.196. The van der Waals surface area contributed by atoms with E-state index in [9.17, 15) is 4.79 Å². The van der Waals surface area contributed by atoms with Gasteiger partial charge in [-0.15, -0.1) is 0 Å². The van der Waals surface area contributed by atoms with Crippen LogP contribution >= 0.6 is 0 Å². The van der Waals surface area contributed by atoms with Crippen LogP contribution in [0.3, 0.4) is 0 Å². The Balaban J connectivity index is 1.74. The van der Waals surface area contributed by atoms with Crippen LogP contribution in [0.15, 0.2) is 64.6 Å². The number of hydrogen-bond donors (Lipinski definition) is 3. The van der Waals surface area contributed by atoms with Gasteiger partial charge in [-0.25, -0.2) is 4.99 Å². The van der Waals surface area contributed by atoms with Crippen molar-refractivity contribution in [2.75, 3.05) is 10.2 Å². The van der Waals surface area contributed by atoms with Gasteiger partial charge in [0.25, 0.3) is 5.91 Å². The molecule has 2 aromatic rings. The number of carbonyl (C=O) groups is 1. The predicted molar refractivity (Wildman–Crippen MR) is 112 cm³/mol. The molecule has 1 amide bonds. The molecule has 2 aliphatic rings. The maximum atomic E-state index is 13.0. The zero-order chi connectivity index (χ0) is 19.6. The lowest BCUT2D eigenvalue weighted by Gasteiger charge is -2.46. The number of benzene rings is 2. The fourth-order valence-electron chi connectivity index (χ4n) is 4.05. The first-order chi connectivity index (χ1) is 13.6. The number of amides is 1. The maximum absolute atomic E-state index is 13.0. The topological polar surface area (TPSA) is 109 Å². The Morgan fingerprint density at radius 3 is 2.39 bits per heavy atom. The van der Waals surface area contributed by atoms with Crippen molar-refractivity contribution in [3.05, 3.63) is 60.2 Å². The molecule has 0 radical (unpaired) electrons. The molecule has 7 nitrogen and oxygen atoms in total. The van der Waals surface area contributed by atoms with Crippen LogP contribution in [0.5, 0.6) is 0 Å². The summed E-state index contributed by atoms with van der Waals surface area (Å²) in [4.78, 5) is 23.8. The molecule has 0 saturated heterocycles. The van der Waals surface area contributed by atoms with Gasteiger partial charge in [-0.05, 0) is 49.9 Å². The third-order valence-electron chi connectivity index (χ3n) is 5.27. The highest BCUT2D eigenvalue weighted by Crippen LogP contribution is 2.40. The van der Waals surface area contributed by atoms with Gasteiger partial charge in [-0.3, -0.25) is 9.69 Å². The molecule has 1 spiro atoms. The summed E-state index contributed by atoms with van der Waals surface area (Å²) in [6.07, 6.45) is 4.84. The minimum atomic E-state index is -0.586. The fraction of sp³-hybridized carbons (Fsp3) is 0.286. The fourth-order valence-corrected chi connectivity index (χ4v) is 4.05. The van der Waals surface area contributed by atoms with E-state index in [0.29, 0.717) is 11.3 Å². The van der Waals surface area contributed by atoms with Crippen LogP contribution in [-0.4, -0.2) is 23.5 Å². The van der Waals surface area contributed by atoms with E-state index >= 15 is 0 Å². The number of rotatable bonds is 3. The average Bonchev–Trinajstić information content (AvgIpc) is 2.69. The molecule has 28 heavy (non-hydrogen) atoms. The number of guanidine groups is 2. The maximum Gasteiger partial charge on any atom is 0.257 e. The monoisotopic (exact) mass is 376 g/mol. The second-order valence-electron chi connectivity index (χ2n) is 7.16. The highest BCUT2D eigenvalue weighted by Gasteiger charge is 2.43.